The van der Waals surface area contributed by atoms with Gasteiger partial charge in [0, 0.05) is 25.7 Å². The van der Waals surface area contributed by atoms with Crippen molar-refractivity contribution in [1.82, 2.24) is 10.2 Å². The fourth-order valence-electron chi connectivity index (χ4n) is 2.67. The lowest BCUT2D eigenvalue weighted by molar-refractivity contribution is -0.0358. The van der Waals surface area contributed by atoms with Crippen LogP contribution in [0.2, 0.25) is 0 Å². The first-order valence-corrected chi connectivity index (χ1v) is 8.05. The minimum absolute atomic E-state index is 0.0424. The number of amides is 1. The third-order valence-corrected chi connectivity index (χ3v) is 3.47. The highest BCUT2D eigenvalue weighted by atomic mass is 16.6. The van der Waals surface area contributed by atoms with Crippen LogP contribution in [0, 0.1) is 0 Å². The first-order chi connectivity index (χ1) is 10.2. The minimum Gasteiger partial charge on any atom is -0.444 e. The molecular formula is C16H32N2O4. The summed E-state index contributed by atoms with van der Waals surface area (Å²) in [7, 11) is 1.70. The van der Waals surface area contributed by atoms with E-state index in [1.54, 1.807) is 12.0 Å². The van der Waals surface area contributed by atoms with Gasteiger partial charge in [-0.15, -0.1) is 0 Å². The van der Waals surface area contributed by atoms with Crippen molar-refractivity contribution in [3.05, 3.63) is 0 Å². The highest BCUT2D eigenvalue weighted by Gasteiger charge is 2.31. The molecule has 0 aromatic carbocycles. The Kier molecular flexibility index (Phi) is 7.59. The van der Waals surface area contributed by atoms with Crippen LogP contribution in [0.25, 0.3) is 0 Å². The van der Waals surface area contributed by atoms with Gasteiger partial charge in [0.25, 0.3) is 0 Å². The number of ether oxygens (including phenoxy) is 3. The molecular weight excluding hydrogens is 284 g/mol. The van der Waals surface area contributed by atoms with Gasteiger partial charge in [0.2, 0.25) is 0 Å². The molecule has 22 heavy (non-hydrogen) atoms. The fourth-order valence-corrected chi connectivity index (χ4v) is 2.67. The lowest BCUT2D eigenvalue weighted by Crippen LogP contribution is -2.52. The molecule has 0 spiro atoms. The van der Waals surface area contributed by atoms with Crippen molar-refractivity contribution in [1.29, 1.82) is 0 Å². The van der Waals surface area contributed by atoms with Gasteiger partial charge in [-0.1, -0.05) is 0 Å². The Morgan fingerprint density at radius 3 is 2.64 bits per heavy atom. The molecule has 1 N–H and O–H groups in total. The van der Waals surface area contributed by atoms with Crippen molar-refractivity contribution in [2.24, 2.45) is 0 Å². The van der Waals surface area contributed by atoms with Crippen LogP contribution >= 0.6 is 0 Å². The Hall–Kier alpha value is -0.850. The minimum atomic E-state index is -0.475. The van der Waals surface area contributed by atoms with E-state index in [1.165, 1.54) is 0 Å². The maximum Gasteiger partial charge on any atom is 0.410 e. The molecule has 1 fully saturated rings. The standard InChI is InChI=1S/C16H32N2O4/c1-12(17-13(2)10-20-6)9-14-11-21-8-7-18(14)15(19)22-16(3,4)5/h12-14,17H,7-11H2,1-6H3. The van der Waals surface area contributed by atoms with E-state index in [4.69, 9.17) is 14.2 Å². The van der Waals surface area contributed by atoms with E-state index < -0.39 is 5.60 Å². The van der Waals surface area contributed by atoms with Crippen LogP contribution in [0.1, 0.15) is 41.0 Å². The Balaban J connectivity index is 2.56. The van der Waals surface area contributed by atoms with Crippen LogP contribution in [0.3, 0.4) is 0 Å². The number of morpholine rings is 1. The van der Waals surface area contributed by atoms with Crippen molar-refractivity contribution in [3.63, 3.8) is 0 Å². The Bertz CT molecular complexity index is 344. The van der Waals surface area contributed by atoms with Gasteiger partial charge in [-0.2, -0.15) is 0 Å². The van der Waals surface area contributed by atoms with E-state index >= 15 is 0 Å². The summed E-state index contributed by atoms with van der Waals surface area (Å²) in [6.45, 7) is 12.2. The number of hydrogen-bond donors (Lipinski definition) is 1. The average Bonchev–Trinajstić information content (AvgIpc) is 2.37. The molecule has 0 radical (unpaired) electrons. The van der Waals surface area contributed by atoms with Crippen LogP contribution in [0.4, 0.5) is 4.79 Å². The van der Waals surface area contributed by atoms with E-state index in [9.17, 15) is 4.79 Å². The van der Waals surface area contributed by atoms with Gasteiger partial charge in [-0.3, -0.25) is 0 Å². The van der Waals surface area contributed by atoms with E-state index in [1.807, 2.05) is 20.8 Å². The van der Waals surface area contributed by atoms with E-state index in [0.717, 1.165) is 6.42 Å². The molecule has 1 aliphatic heterocycles. The molecule has 3 atom stereocenters. The van der Waals surface area contributed by atoms with Gasteiger partial charge in [0.05, 0.1) is 25.9 Å². The first kappa shape index (κ1) is 19.2. The number of hydrogen-bond acceptors (Lipinski definition) is 5. The maximum atomic E-state index is 12.3. The maximum absolute atomic E-state index is 12.3. The molecule has 0 bridgehead atoms. The van der Waals surface area contributed by atoms with E-state index in [0.29, 0.717) is 26.4 Å². The molecule has 130 valence electrons. The SMILES string of the molecule is COCC(C)NC(C)CC1COCCN1C(=O)OC(C)(C)C. The quantitative estimate of drug-likeness (QED) is 0.812. The monoisotopic (exact) mass is 316 g/mol. The normalized spacial score (nSPS) is 22.3. The third kappa shape index (κ3) is 6.94. The molecule has 0 aromatic rings. The predicted octanol–water partition coefficient (Wildman–Crippen LogP) is 2.03. The zero-order chi connectivity index (χ0) is 16.8. The molecule has 1 heterocycles. The lowest BCUT2D eigenvalue weighted by atomic mass is 10.1. The van der Waals surface area contributed by atoms with Crippen molar-refractivity contribution in [3.8, 4) is 0 Å². The van der Waals surface area contributed by atoms with Gasteiger partial charge >= 0.3 is 6.09 Å². The second-order valence-electron chi connectivity index (χ2n) is 7.06. The second-order valence-corrected chi connectivity index (χ2v) is 7.06. The molecule has 0 aromatic heterocycles. The summed E-state index contributed by atoms with van der Waals surface area (Å²) in [5.74, 6) is 0. The van der Waals surface area contributed by atoms with Gasteiger partial charge in [-0.25, -0.2) is 4.79 Å². The summed E-state index contributed by atoms with van der Waals surface area (Å²) in [6.07, 6.45) is 0.575. The number of nitrogens with one attached hydrogen (secondary N) is 1. The van der Waals surface area contributed by atoms with Crippen molar-refractivity contribution in [2.75, 3.05) is 33.5 Å². The molecule has 1 saturated heterocycles. The number of rotatable bonds is 6. The zero-order valence-electron chi connectivity index (χ0n) is 14.8. The number of carbonyl (C=O) groups excluding carboxylic acids is 1. The molecule has 0 aliphatic carbocycles. The van der Waals surface area contributed by atoms with Gasteiger partial charge in [-0.05, 0) is 41.0 Å². The highest BCUT2D eigenvalue weighted by molar-refractivity contribution is 5.68. The van der Waals surface area contributed by atoms with Crippen LogP contribution in [0.5, 0.6) is 0 Å². The number of carbonyl (C=O) groups is 1. The van der Waals surface area contributed by atoms with Gasteiger partial charge in [0.1, 0.15) is 5.60 Å². The van der Waals surface area contributed by atoms with Crippen LogP contribution in [-0.2, 0) is 14.2 Å². The average molecular weight is 316 g/mol. The topological polar surface area (TPSA) is 60.0 Å². The summed E-state index contributed by atoms with van der Waals surface area (Å²) in [6, 6.07) is 0.585. The van der Waals surface area contributed by atoms with Gasteiger partial charge < -0.3 is 24.4 Å². The summed E-state index contributed by atoms with van der Waals surface area (Å²) in [5, 5.41) is 3.48. The summed E-state index contributed by atoms with van der Waals surface area (Å²) >= 11 is 0. The fraction of sp³-hybridized carbons (Fsp3) is 0.938. The van der Waals surface area contributed by atoms with Crippen molar-refractivity contribution < 1.29 is 19.0 Å². The zero-order valence-corrected chi connectivity index (χ0v) is 14.8. The summed E-state index contributed by atoms with van der Waals surface area (Å²) < 4.78 is 16.2. The number of nitrogens with zero attached hydrogens (tertiary/aromatic N) is 1. The summed E-state index contributed by atoms with van der Waals surface area (Å²) in [5.41, 5.74) is -0.475. The lowest BCUT2D eigenvalue weighted by Gasteiger charge is -2.38. The molecule has 1 rings (SSSR count). The molecule has 3 unspecified atom stereocenters. The smallest absolute Gasteiger partial charge is 0.410 e. The predicted molar refractivity (Wildman–Crippen MR) is 86.1 cm³/mol. The Labute approximate surface area is 134 Å². The molecule has 1 amide bonds. The van der Waals surface area contributed by atoms with Crippen molar-refractivity contribution >= 4 is 6.09 Å². The van der Waals surface area contributed by atoms with Crippen molar-refractivity contribution in [2.45, 2.75) is 64.8 Å². The summed E-state index contributed by atoms with van der Waals surface area (Å²) in [4.78, 5) is 14.1. The Morgan fingerprint density at radius 2 is 2.05 bits per heavy atom. The van der Waals surface area contributed by atoms with E-state index in [-0.39, 0.29) is 24.2 Å². The number of methoxy groups -OCH3 is 1. The third-order valence-electron chi connectivity index (χ3n) is 3.47. The van der Waals surface area contributed by atoms with Crippen LogP contribution in [0.15, 0.2) is 0 Å². The van der Waals surface area contributed by atoms with Crippen LogP contribution < -0.4 is 5.32 Å². The second kappa shape index (κ2) is 8.70. The van der Waals surface area contributed by atoms with Crippen LogP contribution in [-0.4, -0.2) is 68.2 Å². The Morgan fingerprint density at radius 1 is 1.36 bits per heavy atom. The van der Waals surface area contributed by atoms with Gasteiger partial charge in [0.15, 0.2) is 0 Å². The molecule has 0 saturated carbocycles. The molecule has 6 heteroatoms. The molecule has 1 aliphatic rings. The van der Waals surface area contributed by atoms with E-state index in [2.05, 4.69) is 19.2 Å². The largest absolute Gasteiger partial charge is 0.444 e. The molecule has 6 nitrogen and oxygen atoms in total. The highest BCUT2D eigenvalue weighted by Crippen LogP contribution is 2.17. The first-order valence-electron chi connectivity index (χ1n) is 8.05.